The second kappa shape index (κ2) is 4.64. The van der Waals surface area contributed by atoms with Crippen molar-refractivity contribution in [2.45, 2.75) is 25.3 Å². The number of nitrogen functional groups attached to an aromatic ring is 1. The second-order valence-corrected chi connectivity index (χ2v) is 4.71. The molecule has 0 aliphatic carbocycles. The number of nitrogens with zero attached hydrogens (tertiary/aromatic N) is 1. The van der Waals surface area contributed by atoms with Crippen LogP contribution in [0.1, 0.15) is 25.3 Å². The quantitative estimate of drug-likeness (QED) is 0.765. The number of anilines is 2. The average Bonchev–Trinajstić information content (AvgIpc) is 2.33. The normalized spacial score (nSPS) is 18.4. The molecule has 0 aromatic heterocycles. The van der Waals surface area contributed by atoms with E-state index < -0.39 is 0 Å². The highest BCUT2D eigenvalue weighted by Gasteiger charge is 2.27. The van der Waals surface area contributed by atoms with Gasteiger partial charge in [0, 0.05) is 18.8 Å². The first kappa shape index (κ1) is 11.7. The molecule has 4 nitrogen and oxygen atoms in total. The fraction of sp³-hybridized carbons (Fsp3) is 0.462. The minimum atomic E-state index is 0.000445. The lowest BCUT2D eigenvalue weighted by atomic mass is 9.92. The third-order valence-corrected chi connectivity index (χ3v) is 3.22. The maximum atomic E-state index is 8.88. The summed E-state index contributed by atoms with van der Waals surface area (Å²) in [6.07, 6.45) is 1.90. The SMILES string of the molecule is CC1(Nc2cc(C#N)ccc2N)CCOCC1. The molecule has 90 valence electrons. The Morgan fingerprint density at radius 2 is 2.12 bits per heavy atom. The largest absolute Gasteiger partial charge is 0.397 e. The Balaban J connectivity index is 2.20. The molecule has 0 saturated carbocycles. The Kier molecular flexibility index (Phi) is 3.21. The fourth-order valence-corrected chi connectivity index (χ4v) is 2.01. The van der Waals surface area contributed by atoms with Gasteiger partial charge in [-0.25, -0.2) is 0 Å². The molecule has 1 aromatic rings. The zero-order chi connectivity index (χ0) is 12.3. The van der Waals surface area contributed by atoms with E-state index in [2.05, 4.69) is 18.3 Å². The van der Waals surface area contributed by atoms with E-state index in [0.717, 1.165) is 31.7 Å². The minimum absolute atomic E-state index is 0.000445. The highest BCUT2D eigenvalue weighted by atomic mass is 16.5. The molecule has 0 atom stereocenters. The molecule has 0 bridgehead atoms. The van der Waals surface area contributed by atoms with Crippen molar-refractivity contribution in [3.05, 3.63) is 23.8 Å². The van der Waals surface area contributed by atoms with Crippen molar-refractivity contribution in [3.63, 3.8) is 0 Å². The molecule has 1 aliphatic rings. The van der Waals surface area contributed by atoms with Gasteiger partial charge in [-0.05, 0) is 38.0 Å². The summed E-state index contributed by atoms with van der Waals surface area (Å²) in [7, 11) is 0. The molecule has 0 amide bonds. The van der Waals surface area contributed by atoms with Crippen molar-refractivity contribution >= 4 is 11.4 Å². The Morgan fingerprint density at radius 1 is 1.41 bits per heavy atom. The molecule has 3 N–H and O–H groups in total. The lowest BCUT2D eigenvalue weighted by Crippen LogP contribution is -2.40. The van der Waals surface area contributed by atoms with Crippen LogP contribution in [0.4, 0.5) is 11.4 Å². The van der Waals surface area contributed by atoms with E-state index in [1.807, 2.05) is 0 Å². The van der Waals surface area contributed by atoms with E-state index in [9.17, 15) is 0 Å². The second-order valence-electron chi connectivity index (χ2n) is 4.71. The highest BCUT2D eigenvalue weighted by molar-refractivity contribution is 5.69. The molecule has 0 radical (unpaired) electrons. The van der Waals surface area contributed by atoms with E-state index in [1.165, 1.54) is 0 Å². The number of hydrogen-bond donors (Lipinski definition) is 2. The van der Waals surface area contributed by atoms with Gasteiger partial charge in [-0.3, -0.25) is 0 Å². The molecule has 4 heteroatoms. The molecule has 1 fully saturated rings. The van der Waals surface area contributed by atoms with Gasteiger partial charge in [0.05, 0.1) is 23.0 Å². The summed E-state index contributed by atoms with van der Waals surface area (Å²) in [6.45, 7) is 3.69. The first-order chi connectivity index (χ1) is 8.13. The summed E-state index contributed by atoms with van der Waals surface area (Å²) in [5, 5.41) is 12.3. The first-order valence-electron chi connectivity index (χ1n) is 5.78. The van der Waals surface area contributed by atoms with Gasteiger partial charge in [0.15, 0.2) is 0 Å². The van der Waals surface area contributed by atoms with E-state index in [4.69, 9.17) is 15.7 Å². The summed E-state index contributed by atoms with van der Waals surface area (Å²) in [5.74, 6) is 0. The van der Waals surface area contributed by atoms with Gasteiger partial charge < -0.3 is 15.8 Å². The topological polar surface area (TPSA) is 71.1 Å². The third kappa shape index (κ3) is 2.69. The van der Waals surface area contributed by atoms with Gasteiger partial charge in [0.1, 0.15) is 0 Å². The Hall–Kier alpha value is -1.73. The lowest BCUT2D eigenvalue weighted by molar-refractivity contribution is 0.0658. The zero-order valence-electron chi connectivity index (χ0n) is 9.99. The van der Waals surface area contributed by atoms with Crippen molar-refractivity contribution in [2.75, 3.05) is 24.3 Å². The van der Waals surface area contributed by atoms with E-state index in [0.29, 0.717) is 11.3 Å². The first-order valence-corrected chi connectivity index (χ1v) is 5.78. The molecule has 1 aliphatic heterocycles. The summed E-state index contributed by atoms with van der Waals surface area (Å²) in [4.78, 5) is 0. The highest BCUT2D eigenvalue weighted by Crippen LogP contribution is 2.29. The number of hydrogen-bond acceptors (Lipinski definition) is 4. The Bertz CT molecular complexity index is 444. The lowest BCUT2D eigenvalue weighted by Gasteiger charge is -2.35. The van der Waals surface area contributed by atoms with Crippen molar-refractivity contribution in [1.82, 2.24) is 0 Å². The molecule has 1 aromatic carbocycles. The molecule has 1 heterocycles. The van der Waals surface area contributed by atoms with Crippen LogP contribution in [0.25, 0.3) is 0 Å². The Labute approximate surface area is 101 Å². The van der Waals surface area contributed by atoms with Gasteiger partial charge in [-0.2, -0.15) is 5.26 Å². The predicted molar refractivity (Wildman–Crippen MR) is 67.7 cm³/mol. The van der Waals surface area contributed by atoms with Crippen molar-refractivity contribution in [2.24, 2.45) is 0 Å². The van der Waals surface area contributed by atoms with Crippen LogP contribution in [-0.2, 0) is 4.74 Å². The minimum Gasteiger partial charge on any atom is -0.397 e. The van der Waals surface area contributed by atoms with Gasteiger partial charge in [-0.15, -0.1) is 0 Å². The number of nitriles is 1. The van der Waals surface area contributed by atoms with Crippen molar-refractivity contribution in [3.8, 4) is 6.07 Å². The number of ether oxygens (including phenoxy) is 1. The van der Waals surface area contributed by atoms with Crippen LogP contribution >= 0.6 is 0 Å². The van der Waals surface area contributed by atoms with Crippen LogP contribution in [0.3, 0.4) is 0 Å². The van der Waals surface area contributed by atoms with Crippen molar-refractivity contribution < 1.29 is 4.74 Å². The number of nitrogens with one attached hydrogen (secondary N) is 1. The van der Waals surface area contributed by atoms with Crippen LogP contribution in [0.15, 0.2) is 18.2 Å². The van der Waals surface area contributed by atoms with Gasteiger partial charge in [-0.1, -0.05) is 0 Å². The molecule has 2 rings (SSSR count). The van der Waals surface area contributed by atoms with E-state index >= 15 is 0 Å². The number of nitrogens with two attached hydrogens (primary N) is 1. The van der Waals surface area contributed by atoms with Crippen LogP contribution in [0.5, 0.6) is 0 Å². The molecule has 0 spiro atoms. The predicted octanol–water partition coefficient (Wildman–Crippen LogP) is 2.12. The molecule has 1 saturated heterocycles. The number of benzene rings is 1. The number of rotatable bonds is 2. The molecular weight excluding hydrogens is 214 g/mol. The van der Waals surface area contributed by atoms with Crippen LogP contribution in [0, 0.1) is 11.3 Å². The Morgan fingerprint density at radius 3 is 2.76 bits per heavy atom. The summed E-state index contributed by atoms with van der Waals surface area (Å²) in [5.41, 5.74) is 8.06. The summed E-state index contributed by atoms with van der Waals surface area (Å²) in [6, 6.07) is 7.42. The van der Waals surface area contributed by atoms with E-state index in [-0.39, 0.29) is 5.54 Å². The third-order valence-electron chi connectivity index (χ3n) is 3.22. The summed E-state index contributed by atoms with van der Waals surface area (Å²) >= 11 is 0. The van der Waals surface area contributed by atoms with E-state index in [1.54, 1.807) is 18.2 Å². The molecule has 0 unspecified atom stereocenters. The monoisotopic (exact) mass is 231 g/mol. The maximum Gasteiger partial charge on any atom is 0.0992 e. The maximum absolute atomic E-state index is 8.88. The zero-order valence-corrected chi connectivity index (χ0v) is 9.99. The van der Waals surface area contributed by atoms with Gasteiger partial charge in [0.25, 0.3) is 0 Å². The van der Waals surface area contributed by atoms with Crippen LogP contribution in [0.2, 0.25) is 0 Å². The van der Waals surface area contributed by atoms with Crippen LogP contribution in [-0.4, -0.2) is 18.8 Å². The molecule has 17 heavy (non-hydrogen) atoms. The van der Waals surface area contributed by atoms with Crippen LogP contribution < -0.4 is 11.1 Å². The van der Waals surface area contributed by atoms with Gasteiger partial charge in [0.2, 0.25) is 0 Å². The summed E-state index contributed by atoms with van der Waals surface area (Å²) < 4.78 is 5.35. The molecular formula is C13H17N3O. The van der Waals surface area contributed by atoms with Crippen molar-refractivity contribution in [1.29, 1.82) is 5.26 Å². The van der Waals surface area contributed by atoms with Gasteiger partial charge >= 0.3 is 0 Å². The standard InChI is InChI=1S/C13H17N3O/c1-13(4-6-17-7-5-13)16-12-8-10(9-14)2-3-11(12)15/h2-3,8,16H,4-7,15H2,1H3. The average molecular weight is 231 g/mol. The smallest absolute Gasteiger partial charge is 0.0992 e. The fourth-order valence-electron chi connectivity index (χ4n) is 2.01.